The summed E-state index contributed by atoms with van der Waals surface area (Å²) >= 11 is 0. The predicted molar refractivity (Wildman–Crippen MR) is 98.8 cm³/mol. The van der Waals surface area contributed by atoms with E-state index in [-0.39, 0.29) is 17.4 Å². The number of carbonyl (C=O) groups is 1. The van der Waals surface area contributed by atoms with Crippen molar-refractivity contribution in [3.8, 4) is 0 Å². The zero-order chi connectivity index (χ0) is 17.2. The van der Waals surface area contributed by atoms with E-state index in [4.69, 9.17) is 5.73 Å². The number of carbonyl (C=O) groups excluding carboxylic acids is 1. The number of hydrogen-bond donors (Lipinski definition) is 2. The summed E-state index contributed by atoms with van der Waals surface area (Å²) < 4.78 is 0. The van der Waals surface area contributed by atoms with Crippen molar-refractivity contribution in [2.24, 2.45) is 0 Å². The molecule has 1 aliphatic rings. The van der Waals surface area contributed by atoms with Crippen molar-refractivity contribution in [2.45, 2.75) is 51.0 Å². The molecule has 3 rings (SSSR count). The van der Waals surface area contributed by atoms with Gasteiger partial charge in [0, 0.05) is 12.1 Å². The largest absolute Gasteiger partial charge is 0.399 e. The molecule has 0 spiro atoms. The number of para-hydroxylation sites is 1. The standard InChI is InChI=1S/C21H26N2O/c1-21(2)14-13-19(16-8-4-5-9-17(16)21)23-20(24)12-11-15-7-3-6-10-18(15)22/h3-10,19H,11-14,22H2,1-2H3,(H,23,24). The van der Waals surface area contributed by atoms with E-state index in [1.54, 1.807) is 0 Å². The topological polar surface area (TPSA) is 55.1 Å². The van der Waals surface area contributed by atoms with Gasteiger partial charge in [-0.3, -0.25) is 4.79 Å². The van der Waals surface area contributed by atoms with Crippen molar-refractivity contribution in [3.63, 3.8) is 0 Å². The second-order valence-corrected chi connectivity index (χ2v) is 7.33. The number of rotatable bonds is 4. The summed E-state index contributed by atoms with van der Waals surface area (Å²) in [6, 6.07) is 16.4. The Balaban J connectivity index is 1.66. The van der Waals surface area contributed by atoms with Crippen molar-refractivity contribution in [1.82, 2.24) is 5.32 Å². The minimum atomic E-state index is 0.0952. The van der Waals surface area contributed by atoms with Crippen LogP contribution in [0.2, 0.25) is 0 Å². The zero-order valence-corrected chi connectivity index (χ0v) is 14.5. The predicted octanol–water partition coefficient (Wildman–Crippen LogP) is 4.13. The number of nitrogens with two attached hydrogens (primary N) is 1. The van der Waals surface area contributed by atoms with E-state index in [2.05, 4.69) is 43.4 Å². The molecule has 2 aromatic rings. The highest BCUT2D eigenvalue weighted by molar-refractivity contribution is 5.77. The minimum Gasteiger partial charge on any atom is -0.399 e. The second kappa shape index (κ2) is 6.68. The monoisotopic (exact) mass is 322 g/mol. The number of anilines is 1. The molecule has 0 radical (unpaired) electrons. The molecule has 0 bridgehead atoms. The van der Waals surface area contributed by atoms with Gasteiger partial charge in [-0.25, -0.2) is 0 Å². The SMILES string of the molecule is CC1(C)CCC(NC(=O)CCc2ccccc2N)c2ccccc21. The Morgan fingerprint density at radius 2 is 1.88 bits per heavy atom. The third-order valence-corrected chi connectivity index (χ3v) is 5.14. The first-order valence-corrected chi connectivity index (χ1v) is 8.69. The van der Waals surface area contributed by atoms with Crippen LogP contribution in [0.25, 0.3) is 0 Å². The zero-order valence-electron chi connectivity index (χ0n) is 14.5. The molecule has 1 aliphatic carbocycles. The molecule has 1 amide bonds. The Morgan fingerprint density at radius 1 is 1.17 bits per heavy atom. The molecular weight excluding hydrogens is 296 g/mol. The van der Waals surface area contributed by atoms with Gasteiger partial charge >= 0.3 is 0 Å². The molecule has 3 N–H and O–H groups in total. The van der Waals surface area contributed by atoms with Crippen molar-refractivity contribution in [3.05, 3.63) is 65.2 Å². The Morgan fingerprint density at radius 3 is 2.67 bits per heavy atom. The number of nitrogens with one attached hydrogen (secondary N) is 1. The third-order valence-electron chi connectivity index (χ3n) is 5.14. The number of benzene rings is 2. The number of nitrogen functional groups attached to an aromatic ring is 1. The van der Waals surface area contributed by atoms with E-state index in [1.807, 2.05) is 24.3 Å². The molecule has 0 saturated carbocycles. The Kier molecular flexibility index (Phi) is 4.61. The van der Waals surface area contributed by atoms with Crippen LogP contribution in [0.5, 0.6) is 0 Å². The van der Waals surface area contributed by atoms with Gasteiger partial charge < -0.3 is 11.1 Å². The lowest BCUT2D eigenvalue weighted by atomic mass is 9.71. The molecule has 1 atom stereocenters. The van der Waals surface area contributed by atoms with Gasteiger partial charge in [-0.05, 0) is 47.4 Å². The molecular formula is C21H26N2O. The maximum atomic E-state index is 12.4. The molecule has 3 heteroatoms. The van der Waals surface area contributed by atoms with Gasteiger partial charge in [-0.1, -0.05) is 56.3 Å². The summed E-state index contributed by atoms with van der Waals surface area (Å²) in [7, 11) is 0. The molecule has 0 fully saturated rings. The molecule has 0 heterocycles. The fraction of sp³-hybridized carbons (Fsp3) is 0.381. The van der Waals surface area contributed by atoms with Crippen LogP contribution in [0, 0.1) is 0 Å². The number of aryl methyl sites for hydroxylation is 1. The van der Waals surface area contributed by atoms with Gasteiger partial charge in [0.2, 0.25) is 5.91 Å². The van der Waals surface area contributed by atoms with E-state index in [9.17, 15) is 4.79 Å². The maximum absolute atomic E-state index is 12.4. The summed E-state index contributed by atoms with van der Waals surface area (Å²) in [5.74, 6) is 0.0952. The summed E-state index contributed by atoms with van der Waals surface area (Å²) in [5.41, 5.74) is 10.5. The van der Waals surface area contributed by atoms with Gasteiger partial charge in [-0.2, -0.15) is 0 Å². The van der Waals surface area contributed by atoms with E-state index in [0.29, 0.717) is 12.8 Å². The van der Waals surface area contributed by atoms with Crippen LogP contribution in [-0.4, -0.2) is 5.91 Å². The first-order chi connectivity index (χ1) is 11.5. The lowest BCUT2D eigenvalue weighted by Crippen LogP contribution is -2.35. The molecule has 24 heavy (non-hydrogen) atoms. The molecule has 0 aliphatic heterocycles. The average molecular weight is 322 g/mol. The number of hydrogen-bond acceptors (Lipinski definition) is 2. The van der Waals surface area contributed by atoms with Crippen LogP contribution in [0.4, 0.5) is 5.69 Å². The molecule has 1 unspecified atom stereocenters. The van der Waals surface area contributed by atoms with E-state index < -0.39 is 0 Å². The Hall–Kier alpha value is -2.29. The smallest absolute Gasteiger partial charge is 0.220 e. The van der Waals surface area contributed by atoms with E-state index in [1.165, 1.54) is 11.1 Å². The lowest BCUT2D eigenvalue weighted by Gasteiger charge is -2.37. The van der Waals surface area contributed by atoms with Crippen LogP contribution in [0.1, 0.15) is 55.8 Å². The molecule has 3 nitrogen and oxygen atoms in total. The number of fused-ring (bicyclic) bond motifs is 1. The van der Waals surface area contributed by atoms with E-state index in [0.717, 1.165) is 24.1 Å². The highest BCUT2D eigenvalue weighted by atomic mass is 16.1. The van der Waals surface area contributed by atoms with Crippen LogP contribution < -0.4 is 11.1 Å². The van der Waals surface area contributed by atoms with Gasteiger partial charge in [0.25, 0.3) is 0 Å². The summed E-state index contributed by atoms with van der Waals surface area (Å²) in [5, 5.41) is 3.22. The maximum Gasteiger partial charge on any atom is 0.220 e. The number of amides is 1. The molecule has 126 valence electrons. The van der Waals surface area contributed by atoms with Crippen LogP contribution in [0.3, 0.4) is 0 Å². The molecule has 0 saturated heterocycles. The highest BCUT2D eigenvalue weighted by Gasteiger charge is 2.32. The van der Waals surface area contributed by atoms with E-state index >= 15 is 0 Å². The lowest BCUT2D eigenvalue weighted by molar-refractivity contribution is -0.122. The fourth-order valence-corrected chi connectivity index (χ4v) is 3.64. The van der Waals surface area contributed by atoms with Gasteiger partial charge in [0.15, 0.2) is 0 Å². The molecule has 2 aromatic carbocycles. The second-order valence-electron chi connectivity index (χ2n) is 7.33. The van der Waals surface area contributed by atoms with Crippen molar-refractivity contribution in [2.75, 3.05) is 5.73 Å². The molecule has 0 aromatic heterocycles. The summed E-state index contributed by atoms with van der Waals surface area (Å²) in [6.45, 7) is 4.56. The fourth-order valence-electron chi connectivity index (χ4n) is 3.64. The normalized spacial score (nSPS) is 18.7. The van der Waals surface area contributed by atoms with Crippen molar-refractivity contribution in [1.29, 1.82) is 0 Å². The summed E-state index contributed by atoms with van der Waals surface area (Å²) in [6.07, 6.45) is 3.22. The van der Waals surface area contributed by atoms with Crippen molar-refractivity contribution >= 4 is 11.6 Å². The first kappa shape index (κ1) is 16.6. The van der Waals surface area contributed by atoms with Gasteiger partial charge in [0.05, 0.1) is 6.04 Å². The van der Waals surface area contributed by atoms with Crippen LogP contribution in [0.15, 0.2) is 48.5 Å². The minimum absolute atomic E-state index is 0.0952. The highest BCUT2D eigenvalue weighted by Crippen LogP contribution is 2.41. The Labute approximate surface area is 144 Å². The third kappa shape index (κ3) is 3.45. The summed E-state index contributed by atoms with van der Waals surface area (Å²) in [4.78, 5) is 12.4. The quantitative estimate of drug-likeness (QED) is 0.832. The van der Waals surface area contributed by atoms with Crippen LogP contribution >= 0.6 is 0 Å². The van der Waals surface area contributed by atoms with Crippen LogP contribution in [-0.2, 0) is 16.6 Å². The van der Waals surface area contributed by atoms with Gasteiger partial charge in [0.1, 0.15) is 0 Å². The van der Waals surface area contributed by atoms with Crippen molar-refractivity contribution < 1.29 is 4.79 Å². The average Bonchev–Trinajstić information content (AvgIpc) is 2.57. The van der Waals surface area contributed by atoms with Gasteiger partial charge in [-0.15, -0.1) is 0 Å². The Bertz CT molecular complexity index is 736. The first-order valence-electron chi connectivity index (χ1n) is 8.69.